The van der Waals surface area contributed by atoms with Gasteiger partial charge in [0.15, 0.2) is 0 Å². The number of morpholine rings is 1. The van der Waals surface area contributed by atoms with Crippen molar-refractivity contribution in [3.05, 3.63) is 18.1 Å². The lowest BCUT2D eigenvalue weighted by Crippen LogP contribution is -2.43. The van der Waals surface area contributed by atoms with Gasteiger partial charge in [0.1, 0.15) is 17.6 Å². The second-order valence-corrected chi connectivity index (χ2v) is 6.09. The summed E-state index contributed by atoms with van der Waals surface area (Å²) in [6, 6.07) is 0. The maximum Gasteiger partial charge on any atom is 0.223 e. The molecule has 6 heteroatoms. The van der Waals surface area contributed by atoms with Gasteiger partial charge in [-0.3, -0.25) is 9.78 Å². The zero-order chi connectivity index (χ0) is 15.4. The van der Waals surface area contributed by atoms with E-state index >= 15 is 0 Å². The number of carbonyl (C=O) groups excluding carboxylic acids is 1. The molecule has 1 aliphatic heterocycles. The Bertz CT molecular complexity index is 517. The van der Waals surface area contributed by atoms with Crippen LogP contribution in [0.5, 0.6) is 0 Å². The molecule has 1 aromatic heterocycles. The largest absolute Gasteiger partial charge is 0.372 e. The molecule has 0 spiro atoms. The molecule has 22 heavy (non-hydrogen) atoms. The number of hydrogen-bond acceptors (Lipinski definition) is 5. The minimum Gasteiger partial charge on any atom is -0.372 e. The molecular weight excluding hydrogens is 280 g/mol. The van der Waals surface area contributed by atoms with E-state index in [9.17, 15) is 4.79 Å². The quantitative estimate of drug-likeness (QED) is 0.921. The number of ether oxygens (including phenoxy) is 1. The summed E-state index contributed by atoms with van der Waals surface area (Å²) in [7, 11) is 1.82. The van der Waals surface area contributed by atoms with Gasteiger partial charge in [0.05, 0.1) is 13.2 Å². The van der Waals surface area contributed by atoms with Gasteiger partial charge < -0.3 is 15.0 Å². The molecule has 0 aromatic carbocycles. The van der Waals surface area contributed by atoms with Crippen LogP contribution in [0, 0.1) is 5.92 Å². The van der Waals surface area contributed by atoms with Crippen LogP contribution in [0.25, 0.3) is 0 Å². The average molecular weight is 304 g/mol. The molecule has 1 unspecified atom stereocenters. The average Bonchev–Trinajstić information content (AvgIpc) is 3.08. The topological polar surface area (TPSA) is 67.4 Å². The third kappa shape index (κ3) is 3.38. The first-order valence-electron chi connectivity index (χ1n) is 8.16. The maximum absolute atomic E-state index is 12.5. The van der Waals surface area contributed by atoms with Crippen molar-refractivity contribution in [2.45, 2.75) is 38.2 Å². The molecule has 2 heterocycles. The van der Waals surface area contributed by atoms with E-state index in [2.05, 4.69) is 15.3 Å². The van der Waals surface area contributed by atoms with Gasteiger partial charge in [-0.1, -0.05) is 12.8 Å². The lowest BCUT2D eigenvalue weighted by Gasteiger charge is -2.33. The molecule has 120 valence electrons. The van der Waals surface area contributed by atoms with Gasteiger partial charge >= 0.3 is 0 Å². The van der Waals surface area contributed by atoms with Crippen molar-refractivity contribution >= 4 is 11.7 Å². The summed E-state index contributed by atoms with van der Waals surface area (Å²) in [5.41, 5.74) is 0.781. The van der Waals surface area contributed by atoms with E-state index in [1.807, 2.05) is 11.9 Å². The zero-order valence-corrected chi connectivity index (χ0v) is 13.1. The number of anilines is 1. The number of amides is 1. The Hall–Kier alpha value is -1.69. The van der Waals surface area contributed by atoms with Gasteiger partial charge in [0, 0.05) is 32.4 Å². The Kier molecular flexibility index (Phi) is 4.87. The fourth-order valence-electron chi connectivity index (χ4n) is 3.41. The standard InChI is InChI=1S/C16H24N4O2/c1-17-16-15(18-6-7-19-16)13-11-20(8-9-22-13)14(21)10-12-4-2-3-5-12/h6-7,12-13H,2-5,8-11H2,1H3,(H,17,19). The first-order chi connectivity index (χ1) is 10.8. The highest BCUT2D eigenvalue weighted by molar-refractivity contribution is 5.76. The van der Waals surface area contributed by atoms with Crippen molar-refractivity contribution in [2.24, 2.45) is 5.92 Å². The summed E-state index contributed by atoms with van der Waals surface area (Å²) >= 11 is 0. The SMILES string of the molecule is CNc1nccnc1C1CN(C(=O)CC2CCCC2)CCO1. The van der Waals surface area contributed by atoms with E-state index in [-0.39, 0.29) is 12.0 Å². The van der Waals surface area contributed by atoms with Crippen molar-refractivity contribution in [3.8, 4) is 0 Å². The van der Waals surface area contributed by atoms with Crippen LogP contribution in [0.2, 0.25) is 0 Å². The summed E-state index contributed by atoms with van der Waals surface area (Å²) in [6.07, 6.45) is 8.76. The smallest absolute Gasteiger partial charge is 0.223 e. The minimum atomic E-state index is -0.197. The minimum absolute atomic E-state index is 0.197. The third-order valence-electron chi connectivity index (χ3n) is 4.63. The summed E-state index contributed by atoms with van der Waals surface area (Å²) < 4.78 is 5.82. The molecule has 6 nitrogen and oxygen atoms in total. The molecule has 2 fully saturated rings. The molecule has 2 aliphatic rings. The van der Waals surface area contributed by atoms with Crippen LogP contribution in [-0.4, -0.2) is 47.5 Å². The van der Waals surface area contributed by atoms with Crippen molar-refractivity contribution < 1.29 is 9.53 Å². The highest BCUT2D eigenvalue weighted by Gasteiger charge is 2.29. The Morgan fingerprint density at radius 3 is 2.91 bits per heavy atom. The van der Waals surface area contributed by atoms with Gasteiger partial charge in [-0.2, -0.15) is 0 Å². The van der Waals surface area contributed by atoms with Crippen LogP contribution in [0.3, 0.4) is 0 Å². The maximum atomic E-state index is 12.5. The Balaban J connectivity index is 1.64. The van der Waals surface area contributed by atoms with E-state index < -0.39 is 0 Å². The summed E-state index contributed by atoms with van der Waals surface area (Å²) in [5, 5.41) is 3.04. The van der Waals surface area contributed by atoms with E-state index in [1.54, 1.807) is 12.4 Å². The highest BCUT2D eigenvalue weighted by Crippen LogP contribution is 2.30. The summed E-state index contributed by atoms with van der Waals surface area (Å²) in [5.74, 6) is 1.56. The molecule has 1 aromatic rings. The molecule has 0 radical (unpaired) electrons. The molecule has 1 atom stereocenters. The van der Waals surface area contributed by atoms with Gasteiger partial charge in [-0.05, 0) is 18.8 Å². The normalized spacial score (nSPS) is 22.8. The zero-order valence-electron chi connectivity index (χ0n) is 13.1. The van der Waals surface area contributed by atoms with Crippen molar-refractivity contribution in [1.29, 1.82) is 0 Å². The van der Waals surface area contributed by atoms with Crippen LogP contribution in [0.1, 0.15) is 43.9 Å². The van der Waals surface area contributed by atoms with Crippen LogP contribution in [-0.2, 0) is 9.53 Å². The van der Waals surface area contributed by atoms with E-state index in [0.29, 0.717) is 32.0 Å². The lowest BCUT2D eigenvalue weighted by molar-refractivity contribution is -0.140. The van der Waals surface area contributed by atoms with Crippen LogP contribution in [0.15, 0.2) is 12.4 Å². The highest BCUT2D eigenvalue weighted by atomic mass is 16.5. The molecule has 1 saturated carbocycles. The number of rotatable bonds is 4. The third-order valence-corrected chi connectivity index (χ3v) is 4.63. The summed E-state index contributed by atoms with van der Waals surface area (Å²) in [6.45, 7) is 1.80. The van der Waals surface area contributed by atoms with Crippen molar-refractivity contribution in [3.63, 3.8) is 0 Å². The monoisotopic (exact) mass is 304 g/mol. The predicted octanol–water partition coefficient (Wildman–Crippen LogP) is 2.00. The number of carbonyl (C=O) groups is 1. The van der Waals surface area contributed by atoms with Crippen LogP contribution in [0.4, 0.5) is 5.82 Å². The fourth-order valence-corrected chi connectivity index (χ4v) is 3.41. The Labute approximate surface area is 131 Å². The van der Waals surface area contributed by atoms with E-state index in [1.165, 1.54) is 25.7 Å². The van der Waals surface area contributed by atoms with Gasteiger partial charge in [0.25, 0.3) is 0 Å². The molecular formula is C16H24N4O2. The molecule has 3 rings (SSSR count). The summed E-state index contributed by atoms with van der Waals surface area (Å²) in [4.78, 5) is 23.1. The lowest BCUT2D eigenvalue weighted by atomic mass is 10.0. The Morgan fingerprint density at radius 2 is 2.14 bits per heavy atom. The number of aromatic nitrogens is 2. The molecule has 1 amide bonds. The first kappa shape index (κ1) is 15.2. The second-order valence-electron chi connectivity index (χ2n) is 6.09. The van der Waals surface area contributed by atoms with E-state index in [4.69, 9.17) is 4.74 Å². The Morgan fingerprint density at radius 1 is 1.36 bits per heavy atom. The van der Waals surface area contributed by atoms with Crippen LogP contribution < -0.4 is 5.32 Å². The molecule has 1 saturated heterocycles. The van der Waals surface area contributed by atoms with Crippen molar-refractivity contribution in [1.82, 2.24) is 14.9 Å². The molecule has 1 aliphatic carbocycles. The predicted molar refractivity (Wildman–Crippen MR) is 83.4 cm³/mol. The second kappa shape index (κ2) is 7.05. The first-order valence-corrected chi connectivity index (χ1v) is 8.16. The molecule has 1 N–H and O–H groups in total. The van der Waals surface area contributed by atoms with Crippen LogP contribution >= 0.6 is 0 Å². The van der Waals surface area contributed by atoms with Gasteiger partial charge in [-0.25, -0.2) is 4.98 Å². The molecule has 0 bridgehead atoms. The van der Waals surface area contributed by atoms with Gasteiger partial charge in [-0.15, -0.1) is 0 Å². The number of nitrogens with zero attached hydrogens (tertiary/aromatic N) is 3. The number of hydrogen-bond donors (Lipinski definition) is 1. The fraction of sp³-hybridized carbons (Fsp3) is 0.688. The van der Waals surface area contributed by atoms with E-state index in [0.717, 1.165) is 11.5 Å². The number of nitrogens with one attached hydrogen (secondary N) is 1. The van der Waals surface area contributed by atoms with Crippen molar-refractivity contribution in [2.75, 3.05) is 32.1 Å². The van der Waals surface area contributed by atoms with Gasteiger partial charge in [0.2, 0.25) is 5.91 Å².